The number of carboxylic acid groups (broad SMARTS) is 1. The maximum Gasteiger partial charge on any atom is 0.358 e. The van der Waals surface area contributed by atoms with Crippen molar-refractivity contribution in [3.8, 4) is 0 Å². The molecule has 1 aromatic rings. The van der Waals surface area contributed by atoms with Crippen LogP contribution in [0.15, 0.2) is 0 Å². The normalized spacial score (nSPS) is 19.4. The number of aromatic carboxylic acids is 1. The van der Waals surface area contributed by atoms with E-state index >= 15 is 0 Å². The molecule has 0 aliphatic carbocycles. The number of carbonyl (C=O) groups is 2. The van der Waals surface area contributed by atoms with Crippen LogP contribution in [0.3, 0.4) is 0 Å². The molecule has 8 nitrogen and oxygen atoms in total. The fourth-order valence-corrected chi connectivity index (χ4v) is 1.87. The van der Waals surface area contributed by atoms with Gasteiger partial charge in [0.25, 0.3) is 0 Å². The highest BCUT2D eigenvalue weighted by Crippen LogP contribution is 2.11. The number of hydrogen-bond acceptors (Lipinski definition) is 5. The summed E-state index contributed by atoms with van der Waals surface area (Å²) in [5.74, 6) is -1.14. The van der Waals surface area contributed by atoms with E-state index in [0.29, 0.717) is 25.1 Å². The van der Waals surface area contributed by atoms with Crippen LogP contribution in [0.5, 0.6) is 0 Å². The third-order valence-electron chi connectivity index (χ3n) is 2.71. The molecule has 1 fully saturated rings. The third-order valence-corrected chi connectivity index (χ3v) is 2.71. The minimum Gasteiger partial charge on any atom is -0.476 e. The number of carbonyl (C=O) groups excluding carboxylic acids is 1. The molecular weight excluding hydrogens is 226 g/mol. The molecule has 0 bridgehead atoms. The first kappa shape index (κ1) is 11.5. The lowest BCUT2D eigenvalue weighted by Crippen LogP contribution is -2.31. The molecule has 0 spiro atoms. The Hall–Kier alpha value is -1.96. The largest absolute Gasteiger partial charge is 0.476 e. The van der Waals surface area contributed by atoms with Crippen LogP contribution in [0, 0.1) is 0 Å². The molecule has 2 heterocycles. The summed E-state index contributed by atoms with van der Waals surface area (Å²) in [5, 5.41) is 19.0. The lowest BCUT2D eigenvalue weighted by molar-refractivity contribution is -0.119. The molecule has 2 rings (SSSR count). The van der Waals surface area contributed by atoms with E-state index in [2.05, 4.69) is 15.6 Å². The van der Waals surface area contributed by atoms with Gasteiger partial charge in [0.15, 0.2) is 5.69 Å². The number of hydrogen-bond donors (Lipinski definition) is 3. The number of nitrogens with one attached hydrogen (secondary N) is 1. The van der Waals surface area contributed by atoms with E-state index in [9.17, 15) is 9.59 Å². The minimum atomic E-state index is -1.15. The summed E-state index contributed by atoms with van der Waals surface area (Å²) in [6, 6.07) is -0.0313. The Kier molecular flexibility index (Phi) is 3.05. The fraction of sp³-hybridized carbons (Fsp3) is 0.556. The first-order valence-corrected chi connectivity index (χ1v) is 5.27. The van der Waals surface area contributed by atoms with Gasteiger partial charge < -0.3 is 16.2 Å². The van der Waals surface area contributed by atoms with Crippen molar-refractivity contribution in [1.82, 2.24) is 20.3 Å². The summed E-state index contributed by atoms with van der Waals surface area (Å²) in [6.45, 7) is 0.452. The van der Waals surface area contributed by atoms with Crippen LogP contribution in [0.4, 0.5) is 0 Å². The molecule has 1 unspecified atom stereocenters. The Morgan fingerprint density at radius 1 is 1.65 bits per heavy atom. The van der Waals surface area contributed by atoms with Gasteiger partial charge in [0.05, 0.1) is 12.2 Å². The van der Waals surface area contributed by atoms with Crippen molar-refractivity contribution in [1.29, 1.82) is 0 Å². The van der Waals surface area contributed by atoms with E-state index in [1.807, 2.05) is 0 Å². The van der Waals surface area contributed by atoms with E-state index in [4.69, 9.17) is 10.8 Å². The summed E-state index contributed by atoms with van der Waals surface area (Å²) < 4.78 is 1.44. The number of nitrogens with two attached hydrogens (primary N) is 1. The van der Waals surface area contributed by atoms with Crippen LogP contribution in [0.25, 0.3) is 0 Å². The second kappa shape index (κ2) is 4.50. The van der Waals surface area contributed by atoms with Crippen LogP contribution in [-0.4, -0.2) is 38.0 Å². The average molecular weight is 239 g/mol. The molecule has 1 saturated heterocycles. The predicted octanol–water partition coefficient (Wildman–Crippen LogP) is -1.29. The first-order chi connectivity index (χ1) is 8.11. The van der Waals surface area contributed by atoms with E-state index in [1.54, 1.807) is 0 Å². The number of nitrogens with zero attached hydrogens (tertiary/aromatic N) is 3. The van der Waals surface area contributed by atoms with E-state index in [0.717, 1.165) is 0 Å². The van der Waals surface area contributed by atoms with Crippen molar-refractivity contribution in [3.63, 3.8) is 0 Å². The smallest absolute Gasteiger partial charge is 0.358 e. The van der Waals surface area contributed by atoms with Crippen molar-refractivity contribution < 1.29 is 14.7 Å². The lowest BCUT2D eigenvalue weighted by Gasteiger charge is -2.11. The molecule has 4 N–H and O–H groups in total. The van der Waals surface area contributed by atoms with Gasteiger partial charge in [-0.05, 0) is 6.42 Å². The number of rotatable bonds is 4. The Labute approximate surface area is 96.8 Å². The lowest BCUT2D eigenvalue weighted by atomic mass is 10.2. The first-order valence-electron chi connectivity index (χ1n) is 5.27. The average Bonchev–Trinajstić information content (AvgIpc) is 2.85. The maximum atomic E-state index is 11.0. The van der Waals surface area contributed by atoms with Gasteiger partial charge in [-0.3, -0.25) is 4.79 Å². The second-order valence-electron chi connectivity index (χ2n) is 3.88. The topological polar surface area (TPSA) is 123 Å². The van der Waals surface area contributed by atoms with Crippen molar-refractivity contribution >= 4 is 11.9 Å². The van der Waals surface area contributed by atoms with Crippen molar-refractivity contribution in [3.05, 3.63) is 11.4 Å². The van der Waals surface area contributed by atoms with Gasteiger partial charge in [-0.25, -0.2) is 9.48 Å². The fourth-order valence-electron chi connectivity index (χ4n) is 1.87. The minimum absolute atomic E-state index is 0.00266. The highest BCUT2D eigenvalue weighted by atomic mass is 16.4. The molecule has 1 aliphatic rings. The van der Waals surface area contributed by atoms with Crippen LogP contribution in [0.2, 0.25) is 0 Å². The highest BCUT2D eigenvalue weighted by molar-refractivity contribution is 5.86. The Morgan fingerprint density at radius 2 is 2.41 bits per heavy atom. The number of amides is 1. The monoisotopic (exact) mass is 239 g/mol. The number of carboxylic acids is 1. The Morgan fingerprint density at radius 3 is 2.94 bits per heavy atom. The van der Waals surface area contributed by atoms with Gasteiger partial charge in [0, 0.05) is 19.0 Å². The highest BCUT2D eigenvalue weighted by Gasteiger charge is 2.24. The maximum absolute atomic E-state index is 11.0. The SMILES string of the molecule is NCc1c(C(=O)O)nnn1CC1CCC(=O)N1. The van der Waals surface area contributed by atoms with Gasteiger partial charge in [-0.15, -0.1) is 5.10 Å². The molecule has 17 heavy (non-hydrogen) atoms. The van der Waals surface area contributed by atoms with E-state index in [1.165, 1.54) is 4.68 Å². The standard InChI is InChI=1S/C9H13N5O3/c10-3-6-8(9(16)17)12-13-14(6)4-5-1-2-7(15)11-5/h5H,1-4,10H2,(H,11,15)(H,16,17). The summed E-state index contributed by atoms with van der Waals surface area (Å²) >= 11 is 0. The molecule has 1 aliphatic heterocycles. The van der Waals surface area contributed by atoms with E-state index < -0.39 is 5.97 Å². The summed E-state index contributed by atoms with van der Waals surface area (Å²) in [6.07, 6.45) is 1.20. The van der Waals surface area contributed by atoms with Gasteiger partial charge >= 0.3 is 5.97 Å². The summed E-state index contributed by atoms with van der Waals surface area (Å²) in [4.78, 5) is 21.9. The van der Waals surface area contributed by atoms with Gasteiger partial charge in [-0.1, -0.05) is 5.21 Å². The molecule has 8 heteroatoms. The zero-order chi connectivity index (χ0) is 12.4. The third kappa shape index (κ3) is 2.26. The van der Waals surface area contributed by atoms with Crippen LogP contribution < -0.4 is 11.1 Å². The molecule has 92 valence electrons. The van der Waals surface area contributed by atoms with Gasteiger partial charge in [0.2, 0.25) is 5.91 Å². The number of aromatic nitrogens is 3. The zero-order valence-electron chi connectivity index (χ0n) is 9.09. The molecule has 1 atom stereocenters. The molecular formula is C9H13N5O3. The zero-order valence-corrected chi connectivity index (χ0v) is 9.09. The van der Waals surface area contributed by atoms with Crippen LogP contribution in [-0.2, 0) is 17.9 Å². The van der Waals surface area contributed by atoms with Crippen molar-refractivity contribution in [2.75, 3.05) is 0 Å². The van der Waals surface area contributed by atoms with E-state index in [-0.39, 0.29) is 24.2 Å². The van der Waals surface area contributed by atoms with Gasteiger partial charge in [-0.2, -0.15) is 0 Å². The van der Waals surface area contributed by atoms with Crippen LogP contribution in [0.1, 0.15) is 29.0 Å². The molecule has 0 radical (unpaired) electrons. The predicted molar refractivity (Wildman–Crippen MR) is 56.0 cm³/mol. The molecule has 0 aromatic carbocycles. The molecule has 1 amide bonds. The quantitative estimate of drug-likeness (QED) is 0.601. The van der Waals surface area contributed by atoms with Crippen LogP contribution >= 0.6 is 0 Å². The Bertz CT molecular complexity index is 455. The Balaban J connectivity index is 2.15. The van der Waals surface area contributed by atoms with Crippen molar-refractivity contribution in [2.45, 2.75) is 32.0 Å². The summed E-state index contributed by atoms with van der Waals surface area (Å²) in [5.41, 5.74) is 5.73. The van der Waals surface area contributed by atoms with Crippen molar-refractivity contribution in [2.24, 2.45) is 5.73 Å². The summed E-state index contributed by atoms with van der Waals surface area (Å²) in [7, 11) is 0. The van der Waals surface area contributed by atoms with Gasteiger partial charge in [0.1, 0.15) is 0 Å². The second-order valence-corrected chi connectivity index (χ2v) is 3.88. The molecule has 0 saturated carbocycles. The molecule has 1 aromatic heterocycles.